The molecule has 30 heavy (non-hydrogen) atoms. The van der Waals surface area contributed by atoms with Gasteiger partial charge in [-0.1, -0.05) is 23.7 Å². The molecule has 10 heteroatoms. The van der Waals surface area contributed by atoms with E-state index in [0.717, 1.165) is 0 Å². The number of ether oxygens (including phenoxy) is 2. The zero-order valence-electron chi connectivity index (χ0n) is 16.1. The zero-order chi connectivity index (χ0) is 21.1. The molecular weight excluding hydrogens is 408 g/mol. The summed E-state index contributed by atoms with van der Waals surface area (Å²) >= 11 is 6.18. The first-order valence-corrected chi connectivity index (χ1v) is 9.23. The number of rotatable bonds is 6. The summed E-state index contributed by atoms with van der Waals surface area (Å²) in [7, 11) is 3.12. The summed E-state index contributed by atoms with van der Waals surface area (Å²) in [4.78, 5) is 16.9. The lowest BCUT2D eigenvalue weighted by Gasteiger charge is -2.07. The fraction of sp³-hybridized carbons (Fsp3) is 0.100. The highest BCUT2D eigenvalue weighted by Gasteiger charge is 2.16. The van der Waals surface area contributed by atoms with Crippen LogP contribution in [0.5, 0.6) is 11.5 Å². The van der Waals surface area contributed by atoms with Crippen LogP contribution in [-0.2, 0) is 0 Å². The first kappa shape index (κ1) is 19.5. The number of benzene rings is 2. The molecule has 0 aliphatic heterocycles. The molecule has 0 aliphatic rings. The first-order valence-electron chi connectivity index (χ1n) is 8.86. The summed E-state index contributed by atoms with van der Waals surface area (Å²) < 4.78 is 12.1. The van der Waals surface area contributed by atoms with Gasteiger partial charge in [0.2, 0.25) is 5.95 Å². The Morgan fingerprint density at radius 3 is 2.73 bits per heavy atom. The van der Waals surface area contributed by atoms with E-state index >= 15 is 0 Å². The summed E-state index contributed by atoms with van der Waals surface area (Å²) in [6.45, 7) is 0. The lowest BCUT2D eigenvalue weighted by molar-refractivity contribution is 0.102. The molecule has 4 rings (SSSR count). The molecule has 2 aromatic heterocycles. The monoisotopic (exact) mass is 424 g/mol. The highest BCUT2D eigenvalue weighted by molar-refractivity contribution is 6.32. The number of hydrogen-bond donors (Lipinski definition) is 2. The highest BCUT2D eigenvalue weighted by atomic mass is 35.5. The molecule has 0 radical (unpaired) electrons. The standard InChI is InChI=1S/C20H17ClN6O3/c1-29-12-7-8-13(17(11-12)30-2)18-22-20(25-24-18)23-19(28)15-9-10-27(26-15)16-6-4-3-5-14(16)21/h3-11H,1-2H3,(H2,22,23,24,25,28). The normalized spacial score (nSPS) is 10.6. The van der Waals surface area contributed by atoms with Crippen LogP contribution in [0.25, 0.3) is 17.1 Å². The van der Waals surface area contributed by atoms with Gasteiger partial charge >= 0.3 is 0 Å². The van der Waals surface area contributed by atoms with E-state index in [-0.39, 0.29) is 11.6 Å². The third-order valence-electron chi connectivity index (χ3n) is 4.30. The van der Waals surface area contributed by atoms with Gasteiger partial charge in [-0.2, -0.15) is 10.1 Å². The number of aromatic amines is 1. The van der Waals surface area contributed by atoms with E-state index in [1.165, 1.54) is 4.68 Å². The quantitative estimate of drug-likeness (QED) is 0.490. The molecular formula is C20H17ClN6O3. The van der Waals surface area contributed by atoms with Gasteiger partial charge in [0, 0.05) is 12.3 Å². The number of carbonyl (C=O) groups excluding carboxylic acids is 1. The number of nitrogens with zero attached hydrogens (tertiary/aromatic N) is 4. The van der Waals surface area contributed by atoms with Crippen molar-refractivity contribution in [3.63, 3.8) is 0 Å². The van der Waals surface area contributed by atoms with Crippen molar-refractivity contribution in [2.24, 2.45) is 0 Å². The van der Waals surface area contributed by atoms with Gasteiger partial charge in [0.25, 0.3) is 5.91 Å². The summed E-state index contributed by atoms with van der Waals surface area (Å²) in [5.41, 5.74) is 1.54. The van der Waals surface area contributed by atoms with E-state index in [9.17, 15) is 4.79 Å². The number of anilines is 1. The zero-order valence-corrected chi connectivity index (χ0v) is 16.8. The average Bonchev–Trinajstić information content (AvgIpc) is 3.43. The fourth-order valence-electron chi connectivity index (χ4n) is 2.81. The molecule has 2 aromatic carbocycles. The smallest absolute Gasteiger partial charge is 0.278 e. The second-order valence-electron chi connectivity index (χ2n) is 6.12. The predicted octanol–water partition coefficient (Wildman–Crippen LogP) is 3.58. The van der Waals surface area contributed by atoms with Crippen molar-refractivity contribution in [1.29, 1.82) is 0 Å². The van der Waals surface area contributed by atoms with Crippen LogP contribution in [0, 0.1) is 0 Å². The maximum atomic E-state index is 12.5. The molecule has 0 spiro atoms. The molecule has 1 amide bonds. The first-order chi connectivity index (χ1) is 14.6. The van der Waals surface area contributed by atoms with Crippen LogP contribution in [0.15, 0.2) is 54.7 Å². The molecule has 2 heterocycles. The number of para-hydroxylation sites is 1. The molecule has 4 aromatic rings. The highest BCUT2D eigenvalue weighted by Crippen LogP contribution is 2.31. The third kappa shape index (κ3) is 3.83. The number of halogens is 1. The molecule has 0 fully saturated rings. The van der Waals surface area contributed by atoms with Crippen molar-refractivity contribution in [3.8, 4) is 28.6 Å². The van der Waals surface area contributed by atoms with Crippen molar-refractivity contribution in [3.05, 3.63) is 65.4 Å². The summed E-state index contributed by atoms with van der Waals surface area (Å²) in [5, 5.41) is 14.3. The van der Waals surface area contributed by atoms with Gasteiger partial charge in [0.1, 0.15) is 11.5 Å². The summed E-state index contributed by atoms with van der Waals surface area (Å²) in [6, 6.07) is 14.1. The largest absolute Gasteiger partial charge is 0.497 e. The van der Waals surface area contributed by atoms with E-state index < -0.39 is 5.91 Å². The Labute approximate surface area is 176 Å². The van der Waals surface area contributed by atoms with Crippen molar-refractivity contribution in [2.45, 2.75) is 0 Å². The number of methoxy groups -OCH3 is 2. The molecule has 0 saturated carbocycles. The molecule has 0 aliphatic carbocycles. The molecule has 9 nitrogen and oxygen atoms in total. The maximum Gasteiger partial charge on any atom is 0.278 e. The Morgan fingerprint density at radius 2 is 1.97 bits per heavy atom. The fourth-order valence-corrected chi connectivity index (χ4v) is 3.04. The van der Waals surface area contributed by atoms with E-state index in [2.05, 4.69) is 25.6 Å². The van der Waals surface area contributed by atoms with Crippen LogP contribution in [0.2, 0.25) is 5.02 Å². The van der Waals surface area contributed by atoms with Crippen LogP contribution in [-0.4, -0.2) is 45.1 Å². The maximum absolute atomic E-state index is 12.5. The molecule has 152 valence electrons. The second-order valence-corrected chi connectivity index (χ2v) is 6.53. The van der Waals surface area contributed by atoms with Crippen molar-refractivity contribution in [1.82, 2.24) is 25.0 Å². The molecule has 0 saturated heterocycles. The number of aromatic nitrogens is 5. The second kappa shape index (κ2) is 8.26. The van der Waals surface area contributed by atoms with Crippen molar-refractivity contribution < 1.29 is 14.3 Å². The number of amides is 1. The SMILES string of the molecule is COc1ccc(-c2nc(NC(=O)c3ccn(-c4ccccc4Cl)n3)n[nH]2)c(OC)c1. The van der Waals surface area contributed by atoms with Crippen LogP contribution < -0.4 is 14.8 Å². The molecule has 0 unspecified atom stereocenters. The van der Waals surface area contributed by atoms with Crippen molar-refractivity contribution >= 4 is 23.5 Å². The van der Waals surface area contributed by atoms with Gasteiger partial charge in [-0.15, -0.1) is 5.10 Å². The lowest BCUT2D eigenvalue weighted by Crippen LogP contribution is -2.14. The number of H-pyrrole nitrogens is 1. The van der Waals surface area contributed by atoms with Gasteiger partial charge < -0.3 is 9.47 Å². The van der Waals surface area contributed by atoms with Crippen LogP contribution in [0.4, 0.5) is 5.95 Å². The van der Waals surface area contributed by atoms with Gasteiger partial charge in [-0.25, -0.2) is 4.68 Å². The lowest BCUT2D eigenvalue weighted by atomic mass is 10.2. The Morgan fingerprint density at radius 1 is 1.13 bits per heavy atom. The number of hydrogen-bond acceptors (Lipinski definition) is 6. The van der Waals surface area contributed by atoms with Gasteiger partial charge in [0.15, 0.2) is 11.5 Å². The van der Waals surface area contributed by atoms with Gasteiger partial charge in [0.05, 0.1) is 30.5 Å². The number of carbonyl (C=O) groups is 1. The molecule has 2 N–H and O–H groups in total. The minimum atomic E-state index is -0.451. The Bertz CT molecular complexity index is 1200. The Hall–Kier alpha value is -3.85. The molecule has 0 atom stereocenters. The van der Waals surface area contributed by atoms with E-state index in [4.69, 9.17) is 21.1 Å². The van der Waals surface area contributed by atoms with Gasteiger partial charge in [-0.05, 0) is 30.3 Å². The van der Waals surface area contributed by atoms with Gasteiger partial charge in [-0.3, -0.25) is 15.2 Å². The minimum Gasteiger partial charge on any atom is -0.497 e. The number of nitrogens with one attached hydrogen (secondary N) is 2. The average molecular weight is 425 g/mol. The summed E-state index contributed by atoms with van der Waals surface area (Å²) in [5.74, 6) is 1.30. The topological polar surface area (TPSA) is 107 Å². The predicted molar refractivity (Wildman–Crippen MR) is 111 cm³/mol. The van der Waals surface area contributed by atoms with Crippen molar-refractivity contribution in [2.75, 3.05) is 19.5 Å². The van der Waals surface area contributed by atoms with E-state index in [1.807, 2.05) is 12.1 Å². The minimum absolute atomic E-state index is 0.111. The third-order valence-corrected chi connectivity index (χ3v) is 4.62. The van der Waals surface area contributed by atoms with Crippen LogP contribution in [0.3, 0.4) is 0 Å². The Balaban J connectivity index is 1.52. The van der Waals surface area contributed by atoms with Crippen LogP contribution in [0.1, 0.15) is 10.5 Å². The molecule has 0 bridgehead atoms. The van der Waals surface area contributed by atoms with E-state index in [0.29, 0.717) is 33.6 Å². The van der Waals surface area contributed by atoms with E-state index in [1.54, 1.807) is 56.8 Å². The Kier molecular flexibility index (Phi) is 5.36. The summed E-state index contributed by atoms with van der Waals surface area (Å²) in [6.07, 6.45) is 1.65. The van der Waals surface area contributed by atoms with Crippen LogP contribution >= 0.6 is 11.6 Å².